The van der Waals surface area contributed by atoms with Crippen LogP contribution in [0.25, 0.3) is 85.2 Å². The maximum atomic E-state index is 14.1. The van der Waals surface area contributed by atoms with Gasteiger partial charge in [-0.15, -0.1) is 45.3 Å². The van der Waals surface area contributed by atoms with Gasteiger partial charge in [-0.3, -0.25) is 9.59 Å². The molecule has 96 heavy (non-hydrogen) atoms. The van der Waals surface area contributed by atoms with Crippen molar-refractivity contribution in [3.05, 3.63) is 339 Å². The van der Waals surface area contributed by atoms with Crippen molar-refractivity contribution < 1.29 is 9.59 Å². The van der Waals surface area contributed by atoms with Crippen molar-refractivity contribution in [1.29, 1.82) is 21.0 Å². The summed E-state index contributed by atoms with van der Waals surface area (Å²) in [4.78, 5) is 34.1. The molecule has 0 fully saturated rings. The van der Waals surface area contributed by atoms with Crippen LogP contribution in [0.4, 0.5) is 0 Å². The van der Waals surface area contributed by atoms with Crippen molar-refractivity contribution in [2.24, 2.45) is 0 Å². The van der Waals surface area contributed by atoms with Gasteiger partial charge in [0.15, 0.2) is 11.6 Å². The number of hydrogen-bond acceptors (Lipinski definition) is 10. The van der Waals surface area contributed by atoms with Crippen molar-refractivity contribution in [3.8, 4) is 66.0 Å². The van der Waals surface area contributed by atoms with Crippen molar-refractivity contribution in [2.45, 2.75) is 38.5 Å². The van der Waals surface area contributed by atoms with E-state index in [0.29, 0.717) is 44.5 Å². The molecular weight excluding hydrogens is 1250 g/mol. The molecule has 10 heteroatoms. The van der Waals surface area contributed by atoms with Crippen LogP contribution in [0.1, 0.15) is 108 Å². The number of fused-ring (bicyclic) bond motifs is 12. The number of thiophene rings is 4. The zero-order chi connectivity index (χ0) is 65.5. The molecule has 4 heterocycles. The third-order valence-corrected chi connectivity index (χ3v) is 24.6. The van der Waals surface area contributed by atoms with Crippen molar-refractivity contribution >= 4 is 100 Å². The maximum absolute atomic E-state index is 14.1. The molecule has 0 saturated carbocycles. The zero-order valence-corrected chi connectivity index (χ0v) is 55.4. The smallest absolute Gasteiger partial charge is 0.194 e. The van der Waals surface area contributed by atoms with Gasteiger partial charge in [0.1, 0.15) is 35.4 Å². The minimum Gasteiger partial charge on any atom is -0.289 e. The Hall–Kier alpha value is -11.4. The van der Waals surface area contributed by atoms with Crippen LogP contribution in [0.2, 0.25) is 0 Å². The number of benzene rings is 9. The average Bonchev–Trinajstić information content (AvgIpc) is 1.50. The number of ketones is 2. The summed E-state index contributed by atoms with van der Waals surface area (Å²) in [6.07, 6.45) is 3.68. The molecule has 0 spiro atoms. The van der Waals surface area contributed by atoms with Crippen LogP contribution in [-0.2, 0) is 10.8 Å². The molecule has 9 aromatic carbocycles. The monoisotopic (exact) mass is 1300 g/mol. The first kappa shape index (κ1) is 58.4. The van der Waals surface area contributed by atoms with E-state index in [1.807, 2.05) is 48.6 Å². The second-order valence-corrected chi connectivity index (χ2v) is 29.5. The van der Waals surface area contributed by atoms with Gasteiger partial charge in [0.2, 0.25) is 0 Å². The highest BCUT2D eigenvalue weighted by Gasteiger charge is 2.53. The van der Waals surface area contributed by atoms with Gasteiger partial charge in [-0.2, -0.15) is 21.0 Å². The van der Waals surface area contributed by atoms with Gasteiger partial charge < -0.3 is 0 Å². The Balaban J connectivity index is 0.885. The van der Waals surface area contributed by atoms with E-state index >= 15 is 0 Å². The molecule has 450 valence electrons. The number of hydrogen-bond donors (Lipinski definition) is 0. The number of nitriles is 4. The number of aryl methyl sites for hydroxylation is 4. The summed E-state index contributed by atoms with van der Waals surface area (Å²) in [7, 11) is 0. The topological polar surface area (TPSA) is 129 Å². The van der Waals surface area contributed by atoms with Gasteiger partial charge in [0.05, 0.1) is 10.8 Å². The van der Waals surface area contributed by atoms with Crippen LogP contribution >= 0.6 is 45.3 Å². The maximum Gasteiger partial charge on any atom is 0.194 e. The fraction of sp³-hybridized carbons (Fsp3) is 0.0698. The predicted molar refractivity (Wildman–Crippen MR) is 391 cm³/mol. The van der Waals surface area contributed by atoms with Crippen LogP contribution < -0.4 is 0 Å². The number of rotatable bonds is 8. The van der Waals surface area contributed by atoms with Gasteiger partial charge in [0.25, 0.3) is 0 Å². The lowest BCUT2D eigenvalue weighted by molar-refractivity contribution is 0.103. The quantitative estimate of drug-likeness (QED) is 0.110. The van der Waals surface area contributed by atoms with Crippen LogP contribution in [0, 0.1) is 73.0 Å². The molecule has 0 unspecified atom stereocenters. The van der Waals surface area contributed by atoms with E-state index in [2.05, 4.69) is 210 Å². The highest BCUT2D eigenvalue weighted by molar-refractivity contribution is 7.27. The second-order valence-electron chi connectivity index (χ2n) is 25.2. The lowest BCUT2D eigenvalue weighted by atomic mass is 9.65. The number of allylic oxidation sites excluding steroid dienone is 6. The zero-order valence-electron chi connectivity index (χ0n) is 52.2. The number of carbonyl (C=O) groups excluding carboxylic acids is 2. The molecule has 6 nitrogen and oxygen atoms in total. The Morgan fingerprint density at radius 3 is 1.01 bits per heavy atom. The minimum absolute atomic E-state index is 0.0862. The van der Waals surface area contributed by atoms with Gasteiger partial charge in [0, 0.05) is 72.1 Å². The molecule has 0 aliphatic heterocycles. The molecule has 0 bridgehead atoms. The van der Waals surface area contributed by atoms with Crippen LogP contribution in [-0.4, -0.2) is 11.6 Å². The van der Waals surface area contributed by atoms with Crippen LogP contribution in [0.3, 0.4) is 0 Å². The Morgan fingerprint density at radius 2 is 0.677 bits per heavy atom. The standard InChI is InChI=1S/C86H50N4O2S4/c1-47-13-23-55(24-14-47)85(56-25-15-48(2)16-26-56)71-41-68-64-34-22-52-38-76(74-36-32-60(94-74)40-70-78(54(45-89)46-90)62-10-6-8-12-66(62)82(70)92)96-84(52)80(64)86(57-27-17-49(3)18-28-57,58-29-19-50(4)20-30-58)72(68)42-67(71)63-33-21-51-37-75(95-83(51)79(63)85)73-35-31-59(93-73)39-69-77(53(43-87)44-88)61-9-5-7-11-65(61)81(69)91/h5-42H,1-4H3/b69-39-,70-40-. The Labute approximate surface area is 570 Å². The SMILES string of the molecule is Cc1ccc(C2(c3ccc(C)cc3)c3cc4c(cc3-c3ccc5cc(-c6ccc(/C=C7\C(=O)c8ccccc8C7=C(C#N)C#N)s6)sc5c32)C(c2ccc(C)cc2)(c2ccc(C)cc2)c2c-4ccc3cc(-c4ccc(/C=C5\C(=O)c6ccccc6C5=C(C#N)C#N)s4)sc23)cc1. The molecular formula is C86H50N4O2S4. The van der Waals surface area contributed by atoms with E-state index in [4.69, 9.17) is 0 Å². The summed E-state index contributed by atoms with van der Waals surface area (Å²) in [5, 5.41) is 42.7. The lowest BCUT2D eigenvalue weighted by Gasteiger charge is -2.36. The van der Waals surface area contributed by atoms with E-state index in [1.54, 1.807) is 69.6 Å². The first-order chi connectivity index (χ1) is 46.8. The van der Waals surface area contributed by atoms with E-state index in [0.717, 1.165) is 40.0 Å². The largest absolute Gasteiger partial charge is 0.289 e. The molecule has 0 atom stereocenters. The van der Waals surface area contributed by atoms with Gasteiger partial charge in [-0.1, -0.05) is 192 Å². The highest BCUT2D eigenvalue weighted by Crippen LogP contribution is 2.66. The average molecular weight is 1300 g/mol. The molecule has 17 rings (SSSR count). The number of Topliss-reactive ketones (excluding diaryl/α,β-unsaturated/α-hetero) is 2. The lowest BCUT2D eigenvalue weighted by Crippen LogP contribution is -2.30. The first-order valence-electron chi connectivity index (χ1n) is 31.5. The van der Waals surface area contributed by atoms with Gasteiger partial charge in [-0.05, 0) is 177 Å². The summed E-state index contributed by atoms with van der Waals surface area (Å²) in [5.74, 6) is -0.404. The molecule has 4 aliphatic carbocycles. The number of nitrogens with zero attached hydrogens (tertiary/aromatic N) is 4. The Bertz CT molecular complexity index is 5460. The normalized spacial score (nSPS) is 15.0. The third-order valence-electron chi connectivity index (χ3n) is 19.8. The molecule has 0 saturated heterocycles. The summed E-state index contributed by atoms with van der Waals surface area (Å²) in [6.45, 7) is 8.60. The summed E-state index contributed by atoms with van der Waals surface area (Å²) < 4.78 is 2.37. The van der Waals surface area contributed by atoms with E-state index in [-0.39, 0.29) is 22.7 Å². The minimum atomic E-state index is -0.799. The molecule has 4 aliphatic rings. The van der Waals surface area contributed by atoms with Crippen molar-refractivity contribution in [3.63, 3.8) is 0 Å². The van der Waals surface area contributed by atoms with Crippen molar-refractivity contribution in [1.82, 2.24) is 0 Å². The predicted octanol–water partition coefficient (Wildman–Crippen LogP) is 21.7. The van der Waals surface area contributed by atoms with Crippen LogP contribution in [0.15, 0.2) is 241 Å². The van der Waals surface area contributed by atoms with E-state index in [1.165, 1.54) is 98.4 Å². The first-order valence-corrected chi connectivity index (χ1v) is 34.7. The van der Waals surface area contributed by atoms with Gasteiger partial charge >= 0.3 is 0 Å². The van der Waals surface area contributed by atoms with E-state index < -0.39 is 10.8 Å². The molecule has 0 radical (unpaired) electrons. The molecule has 0 N–H and O–H groups in total. The fourth-order valence-corrected chi connectivity index (χ4v) is 20.0. The second kappa shape index (κ2) is 22.1. The fourth-order valence-electron chi connectivity index (χ4n) is 15.4. The Kier molecular flexibility index (Phi) is 13.4. The highest BCUT2D eigenvalue weighted by atomic mass is 32.1. The summed E-state index contributed by atoms with van der Waals surface area (Å²) in [6, 6.07) is 86.6. The molecule has 0 amide bonds. The number of carbonyl (C=O) groups is 2. The molecule has 4 aromatic heterocycles. The third kappa shape index (κ3) is 8.48. The van der Waals surface area contributed by atoms with Gasteiger partial charge in [-0.25, -0.2) is 0 Å². The Morgan fingerprint density at radius 1 is 0.344 bits per heavy atom. The molecule has 13 aromatic rings. The summed E-state index contributed by atoms with van der Waals surface area (Å²) in [5.41, 5.74) is 20.8. The van der Waals surface area contributed by atoms with E-state index in [9.17, 15) is 30.6 Å². The van der Waals surface area contributed by atoms with Crippen molar-refractivity contribution in [2.75, 3.05) is 0 Å². The van der Waals surface area contributed by atoms with Crippen LogP contribution in [0.5, 0.6) is 0 Å². The summed E-state index contributed by atoms with van der Waals surface area (Å²) >= 11 is 6.77.